The van der Waals surface area contributed by atoms with Crippen molar-refractivity contribution in [3.8, 4) is 0 Å². The van der Waals surface area contributed by atoms with Gasteiger partial charge < -0.3 is 10.5 Å². The largest absolute Gasteiger partial charge is 0.370 e. The van der Waals surface area contributed by atoms with Gasteiger partial charge in [0.05, 0.1) is 0 Å². The zero-order valence-electron chi connectivity index (χ0n) is 8.84. The van der Waals surface area contributed by atoms with Crippen molar-refractivity contribution in [2.24, 2.45) is 5.73 Å². The van der Waals surface area contributed by atoms with Gasteiger partial charge in [0.15, 0.2) is 0 Å². The van der Waals surface area contributed by atoms with E-state index in [1.54, 1.807) is 0 Å². The summed E-state index contributed by atoms with van der Waals surface area (Å²) < 4.78 is 0. The topological polar surface area (TPSA) is 60.2 Å². The van der Waals surface area contributed by atoms with E-state index in [9.17, 15) is 9.59 Å². The highest BCUT2D eigenvalue weighted by Crippen LogP contribution is 2.08. The summed E-state index contributed by atoms with van der Waals surface area (Å²) in [5.41, 5.74) is 5.02. The van der Waals surface area contributed by atoms with Crippen LogP contribution in [0.25, 0.3) is 0 Å². The number of rotatable bonds is 10. The standard InChI is InChI=1S/C11H21NO2/c12-11(14)9-7-5-3-1-2-4-6-8-10-13/h10H,1-9H2,(H2,12,14). The monoisotopic (exact) mass is 199 g/mol. The molecule has 14 heavy (non-hydrogen) atoms. The maximum absolute atomic E-state index is 10.4. The molecule has 0 aliphatic carbocycles. The molecule has 0 saturated heterocycles. The van der Waals surface area contributed by atoms with Crippen LogP contribution in [0.2, 0.25) is 0 Å². The van der Waals surface area contributed by atoms with Gasteiger partial charge in [-0.05, 0) is 12.8 Å². The smallest absolute Gasteiger partial charge is 0.217 e. The fourth-order valence-electron chi connectivity index (χ4n) is 1.41. The molecule has 1 amide bonds. The number of nitrogens with two attached hydrogens (primary N) is 1. The highest BCUT2D eigenvalue weighted by atomic mass is 16.1. The fourth-order valence-corrected chi connectivity index (χ4v) is 1.41. The summed E-state index contributed by atoms with van der Waals surface area (Å²) in [6.45, 7) is 0. The van der Waals surface area contributed by atoms with Crippen molar-refractivity contribution in [3.63, 3.8) is 0 Å². The number of carbonyl (C=O) groups is 2. The second kappa shape index (κ2) is 10.2. The van der Waals surface area contributed by atoms with Crippen molar-refractivity contribution in [2.45, 2.75) is 57.8 Å². The zero-order valence-corrected chi connectivity index (χ0v) is 8.84. The van der Waals surface area contributed by atoms with E-state index in [1.807, 2.05) is 0 Å². The second-order valence-electron chi connectivity index (χ2n) is 3.65. The molecule has 0 fully saturated rings. The number of hydrogen-bond acceptors (Lipinski definition) is 2. The van der Waals surface area contributed by atoms with Crippen molar-refractivity contribution >= 4 is 12.2 Å². The van der Waals surface area contributed by atoms with Crippen LogP contribution >= 0.6 is 0 Å². The molecule has 0 unspecified atom stereocenters. The maximum Gasteiger partial charge on any atom is 0.217 e. The Hall–Kier alpha value is -0.860. The Morgan fingerprint density at radius 2 is 1.43 bits per heavy atom. The normalized spacial score (nSPS) is 10.0. The predicted molar refractivity (Wildman–Crippen MR) is 56.8 cm³/mol. The molecular formula is C11H21NO2. The lowest BCUT2D eigenvalue weighted by atomic mass is 10.1. The van der Waals surface area contributed by atoms with E-state index in [1.165, 1.54) is 19.3 Å². The van der Waals surface area contributed by atoms with E-state index in [0.717, 1.165) is 32.0 Å². The van der Waals surface area contributed by atoms with Crippen LogP contribution in [-0.2, 0) is 9.59 Å². The second-order valence-corrected chi connectivity index (χ2v) is 3.65. The van der Waals surface area contributed by atoms with Gasteiger partial charge in [0, 0.05) is 12.8 Å². The third-order valence-electron chi connectivity index (χ3n) is 2.25. The Kier molecular flexibility index (Phi) is 9.59. The minimum Gasteiger partial charge on any atom is -0.370 e. The molecule has 2 N–H and O–H groups in total. The van der Waals surface area contributed by atoms with Gasteiger partial charge in [-0.3, -0.25) is 4.79 Å². The number of unbranched alkanes of at least 4 members (excludes halogenated alkanes) is 7. The van der Waals surface area contributed by atoms with Gasteiger partial charge in [0.25, 0.3) is 0 Å². The first-order chi connectivity index (χ1) is 6.77. The van der Waals surface area contributed by atoms with Crippen LogP contribution in [0, 0.1) is 0 Å². The molecule has 82 valence electrons. The third-order valence-corrected chi connectivity index (χ3v) is 2.25. The number of hydrogen-bond donors (Lipinski definition) is 1. The van der Waals surface area contributed by atoms with E-state index in [0.29, 0.717) is 12.8 Å². The van der Waals surface area contributed by atoms with Gasteiger partial charge in [-0.15, -0.1) is 0 Å². The highest BCUT2D eigenvalue weighted by Gasteiger charge is 1.94. The van der Waals surface area contributed by atoms with Gasteiger partial charge in [0.1, 0.15) is 6.29 Å². The summed E-state index contributed by atoms with van der Waals surface area (Å²) >= 11 is 0. The summed E-state index contributed by atoms with van der Waals surface area (Å²) in [4.78, 5) is 20.4. The van der Waals surface area contributed by atoms with Crippen LogP contribution in [-0.4, -0.2) is 12.2 Å². The minimum absolute atomic E-state index is 0.198. The maximum atomic E-state index is 10.4. The molecule has 0 rings (SSSR count). The van der Waals surface area contributed by atoms with Crippen LogP contribution < -0.4 is 5.73 Å². The molecule has 0 spiro atoms. The van der Waals surface area contributed by atoms with Gasteiger partial charge in [0.2, 0.25) is 5.91 Å². The number of primary amides is 1. The van der Waals surface area contributed by atoms with Gasteiger partial charge in [-0.2, -0.15) is 0 Å². The zero-order chi connectivity index (χ0) is 10.6. The molecule has 0 radical (unpaired) electrons. The van der Waals surface area contributed by atoms with E-state index in [4.69, 9.17) is 5.73 Å². The number of aldehydes is 1. The Morgan fingerprint density at radius 3 is 1.93 bits per heavy atom. The van der Waals surface area contributed by atoms with Crippen molar-refractivity contribution < 1.29 is 9.59 Å². The minimum atomic E-state index is -0.198. The highest BCUT2D eigenvalue weighted by molar-refractivity contribution is 5.73. The van der Waals surface area contributed by atoms with Gasteiger partial charge in [-0.25, -0.2) is 0 Å². The summed E-state index contributed by atoms with van der Waals surface area (Å²) in [5.74, 6) is -0.198. The van der Waals surface area contributed by atoms with Gasteiger partial charge >= 0.3 is 0 Å². The molecule has 3 heteroatoms. The van der Waals surface area contributed by atoms with Crippen LogP contribution in [0.15, 0.2) is 0 Å². The van der Waals surface area contributed by atoms with Crippen LogP contribution in [0.1, 0.15) is 57.8 Å². The van der Waals surface area contributed by atoms with Gasteiger partial charge in [-0.1, -0.05) is 32.1 Å². The predicted octanol–water partition coefficient (Wildman–Crippen LogP) is 2.18. The van der Waals surface area contributed by atoms with E-state index >= 15 is 0 Å². The molecule has 0 aromatic carbocycles. The molecule has 0 saturated carbocycles. The number of amides is 1. The first-order valence-corrected chi connectivity index (χ1v) is 5.49. The molecule has 0 bridgehead atoms. The summed E-state index contributed by atoms with van der Waals surface area (Å²) in [5, 5.41) is 0. The Morgan fingerprint density at radius 1 is 0.929 bits per heavy atom. The summed E-state index contributed by atoms with van der Waals surface area (Å²) in [7, 11) is 0. The SMILES string of the molecule is NC(=O)CCCCCCCCCC=O. The fraction of sp³-hybridized carbons (Fsp3) is 0.818. The Bertz CT molecular complexity index is 157. The summed E-state index contributed by atoms with van der Waals surface area (Å²) in [6, 6.07) is 0. The first-order valence-electron chi connectivity index (χ1n) is 5.49. The van der Waals surface area contributed by atoms with Crippen molar-refractivity contribution in [1.29, 1.82) is 0 Å². The quantitative estimate of drug-likeness (QED) is 0.433. The Labute approximate surface area is 86.1 Å². The first kappa shape index (κ1) is 13.1. The molecule has 0 aliphatic heterocycles. The molecule has 0 aromatic rings. The average Bonchev–Trinajstić information content (AvgIpc) is 2.15. The van der Waals surface area contributed by atoms with Crippen molar-refractivity contribution in [2.75, 3.05) is 0 Å². The lowest BCUT2D eigenvalue weighted by molar-refractivity contribution is -0.118. The molecule has 0 aromatic heterocycles. The van der Waals surface area contributed by atoms with Crippen LogP contribution in [0.4, 0.5) is 0 Å². The third kappa shape index (κ3) is 11.1. The summed E-state index contributed by atoms with van der Waals surface area (Å²) in [6.07, 6.45) is 9.95. The molecule has 3 nitrogen and oxygen atoms in total. The molecule has 0 aliphatic rings. The molecule has 0 atom stereocenters. The van der Waals surface area contributed by atoms with E-state index < -0.39 is 0 Å². The lowest BCUT2D eigenvalue weighted by Crippen LogP contribution is -2.09. The lowest BCUT2D eigenvalue weighted by Gasteiger charge is -1.99. The number of carbonyl (C=O) groups excluding carboxylic acids is 2. The Balaban J connectivity index is 2.92. The molecule has 0 heterocycles. The van der Waals surface area contributed by atoms with Crippen molar-refractivity contribution in [3.05, 3.63) is 0 Å². The van der Waals surface area contributed by atoms with E-state index in [2.05, 4.69) is 0 Å². The van der Waals surface area contributed by atoms with E-state index in [-0.39, 0.29) is 5.91 Å². The molecular weight excluding hydrogens is 178 g/mol. The van der Waals surface area contributed by atoms with Crippen LogP contribution in [0.3, 0.4) is 0 Å². The average molecular weight is 199 g/mol. The van der Waals surface area contributed by atoms with Crippen molar-refractivity contribution in [1.82, 2.24) is 0 Å². The van der Waals surface area contributed by atoms with Crippen LogP contribution in [0.5, 0.6) is 0 Å².